The van der Waals surface area contributed by atoms with Gasteiger partial charge in [0.15, 0.2) is 0 Å². The van der Waals surface area contributed by atoms with Gasteiger partial charge >= 0.3 is 0 Å². The summed E-state index contributed by atoms with van der Waals surface area (Å²) in [7, 11) is 0. The largest absolute Gasteiger partial charge is 0.385 e. The first-order valence-electron chi connectivity index (χ1n) is 6.93. The van der Waals surface area contributed by atoms with Crippen LogP contribution in [0.3, 0.4) is 0 Å². The van der Waals surface area contributed by atoms with Gasteiger partial charge in [-0.05, 0) is 42.0 Å². The lowest BCUT2D eigenvalue weighted by molar-refractivity contribution is 0.548. The standard InChI is InChI=1S/C16H28N2/c1-6-13(10-17)11-18-15-8-7-14(9-12(15)2)16(3,4)5/h7-9,13,18H,6,10-11,17H2,1-5H3. The first kappa shape index (κ1) is 15.0. The monoisotopic (exact) mass is 248 g/mol. The van der Waals surface area contributed by atoms with E-state index < -0.39 is 0 Å². The van der Waals surface area contributed by atoms with E-state index in [4.69, 9.17) is 5.73 Å². The molecule has 0 spiro atoms. The molecular weight excluding hydrogens is 220 g/mol. The van der Waals surface area contributed by atoms with Crippen molar-refractivity contribution >= 4 is 5.69 Å². The van der Waals surface area contributed by atoms with Crippen molar-refractivity contribution in [3.63, 3.8) is 0 Å². The molecule has 1 atom stereocenters. The normalized spacial score (nSPS) is 13.4. The molecule has 0 saturated carbocycles. The fourth-order valence-electron chi connectivity index (χ4n) is 1.98. The van der Waals surface area contributed by atoms with E-state index in [0.717, 1.165) is 19.5 Å². The fraction of sp³-hybridized carbons (Fsp3) is 0.625. The van der Waals surface area contributed by atoms with Crippen LogP contribution in [0.2, 0.25) is 0 Å². The van der Waals surface area contributed by atoms with E-state index in [9.17, 15) is 0 Å². The molecule has 0 fully saturated rings. The second kappa shape index (κ2) is 6.24. The Bertz CT molecular complexity index is 373. The highest BCUT2D eigenvalue weighted by atomic mass is 14.9. The molecule has 1 unspecified atom stereocenters. The summed E-state index contributed by atoms with van der Waals surface area (Å²) in [6, 6.07) is 6.70. The maximum absolute atomic E-state index is 5.73. The van der Waals surface area contributed by atoms with Gasteiger partial charge in [0.2, 0.25) is 0 Å². The molecule has 18 heavy (non-hydrogen) atoms. The van der Waals surface area contributed by atoms with E-state index in [1.165, 1.54) is 16.8 Å². The van der Waals surface area contributed by atoms with Crippen molar-refractivity contribution in [2.24, 2.45) is 11.7 Å². The van der Waals surface area contributed by atoms with Crippen molar-refractivity contribution in [1.29, 1.82) is 0 Å². The summed E-state index contributed by atoms with van der Waals surface area (Å²) in [5.74, 6) is 0.562. The lowest BCUT2D eigenvalue weighted by Crippen LogP contribution is -2.22. The molecule has 0 aliphatic carbocycles. The van der Waals surface area contributed by atoms with E-state index in [-0.39, 0.29) is 5.41 Å². The second-order valence-corrected chi connectivity index (χ2v) is 6.17. The Kier molecular flexibility index (Phi) is 5.21. The Hall–Kier alpha value is -1.02. The van der Waals surface area contributed by atoms with E-state index in [2.05, 4.69) is 58.1 Å². The summed E-state index contributed by atoms with van der Waals surface area (Å²) in [5.41, 5.74) is 9.87. The highest BCUT2D eigenvalue weighted by Gasteiger charge is 2.14. The van der Waals surface area contributed by atoms with E-state index >= 15 is 0 Å². The van der Waals surface area contributed by atoms with Gasteiger partial charge in [0, 0.05) is 12.2 Å². The molecule has 0 amide bonds. The molecule has 0 aliphatic heterocycles. The van der Waals surface area contributed by atoms with E-state index in [1.54, 1.807) is 0 Å². The van der Waals surface area contributed by atoms with Crippen molar-refractivity contribution in [2.75, 3.05) is 18.4 Å². The molecule has 0 heterocycles. The van der Waals surface area contributed by atoms with Crippen LogP contribution in [0.1, 0.15) is 45.2 Å². The van der Waals surface area contributed by atoms with Crippen LogP contribution in [0.15, 0.2) is 18.2 Å². The summed E-state index contributed by atoms with van der Waals surface area (Å²) in [6.07, 6.45) is 1.13. The smallest absolute Gasteiger partial charge is 0.0370 e. The lowest BCUT2D eigenvalue weighted by Gasteiger charge is -2.21. The molecule has 0 saturated heterocycles. The number of hydrogen-bond acceptors (Lipinski definition) is 2. The van der Waals surface area contributed by atoms with Crippen LogP contribution in [0.25, 0.3) is 0 Å². The van der Waals surface area contributed by atoms with Crippen molar-refractivity contribution in [3.8, 4) is 0 Å². The molecule has 0 bridgehead atoms. The number of anilines is 1. The van der Waals surface area contributed by atoms with Gasteiger partial charge < -0.3 is 11.1 Å². The molecule has 3 N–H and O–H groups in total. The van der Waals surface area contributed by atoms with Gasteiger partial charge in [-0.1, -0.05) is 46.2 Å². The molecule has 0 radical (unpaired) electrons. The maximum Gasteiger partial charge on any atom is 0.0370 e. The highest BCUT2D eigenvalue weighted by Crippen LogP contribution is 2.26. The minimum Gasteiger partial charge on any atom is -0.385 e. The highest BCUT2D eigenvalue weighted by molar-refractivity contribution is 5.53. The zero-order valence-corrected chi connectivity index (χ0v) is 12.5. The van der Waals surface area contributed by atoms with Crippen LogP contribution in [0, 0.1) is 12.8 Å². The number of aryl methyl sites for hydroxylation is 1. The van der Waals surface area contributed by atoms with Gasteiger partial charge in [0.1, 0.15) is 0 Å². The number of nitrogens with two attached hydrogens (primary N) is 1. The third-order valence-corrected chi connectivity index (χ3v) is 3.58. The van der Waals surface area contributed by atoms with Crippen molar-refractivity contribution in [3.05, 3.63) is 29.3 Å². The summed E-state index contributed by atoms with van der Waals surface area (Å²) < 4.78 is 0. The van der Waals surface area contributed by atoms with E-state index in [1.807, 2.05) is 0 Å². The predicted molar refractivity (Wildman–Crippen MR) is 81.2 cm³/mol. The van der Waals surface area contributed by atoms with Crippen LogP contribution < -0.4 is 11.1 Å². The molecule has 2 heteroatoms. The Morgan fingerprint density at radius 3 is 2.39 bits per heavy atom. The van der Waals surface area contributed by atoms with Crippen LogP contribution in [-0.2, 0) is 5.41 Å². The number of hydrogen-bond donors (Lipinski definition) is 2. The summed E-state index contributed by atoms with van der Waals surface area (Å²) in [6.45, 7) is 12.8. The first-order chi connectivity index (χ1) is 8.38. The zero-order chi connectivity index (χ0) is 13.8. The van der Waals surface area contributed by atoms with Crippen LogP contribution >= 0.6 is 0 Å². The Balaban J connectivity index is 2.74. The molecule has 0 aromatic heterocycles. The summed E-state index contributed by atoms with van der Waals surface area (Å²) >= 11 is 0. The fourth-order valence-corrected chi connectivity index (χ4v) is 1.98. The minimum atomic E-state index is 0.215. The Morgan fingerprint density at radius 2 is 1.94 bits per heavy atom. The lowest BCUT2D eigenvalue weighted by atomic mass is 9.86. The van der Waals surface area contributed by atoms with Gasteiger partial charge in [-0.2, -0.15) is 0 Å². The SMILES string of the molecule is CCC(CN)CNc1ccc(C(C)(C)C)cc1C. The molecule has 2 nitrogen and oxygen atoms in total. The van der Waals surface area contributed by atoms with Crippen molar-refractivity contribution in [1.82, 2.24) is 0 Å². The average molecular weight is 248 g/mol. The summed E-state index contributed by atoms with van der Waals surface area (Å²) in [4.78, 5) is 0. The molecule has 102 valence electrons. The van der Waals surface area contributed by atoms with E-state index in [0.29, 0.717) is 5.92 Å². The van der Waals surface area contributed by atoms with Gasteiger partial charge in [0.25, 0.3) is 0 Å². The topological polar surface area (TPSA) is 38.0 Å². The molecule has 1 aromatic carbocycles. The molecule has 1 rings (SSSR count). The Labute approximate surface area is 112 Å². The van der Waals surface area contributed by atoms with Gasteiger partial charge in [-0.15, -0.1) is 0 Å². The quantitative estimate of drug-likeness (QED) is 0.834. The maximum atomic E-state index is 5.73. The predicted octanol–water partition coefficient (Wildman–Crippen LogP) is 3.69. The second-order valence-electron chi connectivity index (χ2n) is 6.17. The van der Waals surface area contributed by atoms with Crippen LogP contribution in [0.4, 0.5) is 5.69 Å². The van der Waals surface area contributed by atoms with Gasteiger partial charge in [-0.25, -0.2) is 0 Å². The van der Waals surface area contributed by atoms with Gasteiger partial charge in [-0.3, -0.25) is 0 Å². The molecule has 1 aromatic rings. The van der Waals surface area contributed by atoms with Crippen LogP contribution in [-0.4, -0.2) is 13.1 Å². The number of benzene rings is 1. The molecule has 0 aliphatic rings. The summed E-state index contributed by atoms with van der Waals surface area (Å²) in [5, 5.41) is 3.51. The van der Waals surface area contributed by atoms with Crippen LogP contribution in [0.5, 0.6) is 0 Å². The van der Waals surface area contributed by atoms with Gasteiger partial charge in [0.05, 0.1) is 0 Å². The average Bonchev–Trinajstić information content (AvgIpc) is 2.30. The third-order valence-electron chi connectivity index (χ3n) is 3.58. The minimum absolute atomic E-state index is 0.215. The zero-order valence-electron chi connectivity index (χ0n) is 12.5. The number of rotatable bonds is 5. The van der Waals surface area contributed by atoms with Crippen molar-refractivity contribution in [2.45, 2.75) is 46.5 Å². The van der Waals surface area contributed by atoms with Crippen molar-refractivity contribution < 1.29 is 0 Å². The Morgan fingerprint density at radius 1 is 1.28 bits per heavy atom. The first-order valence-corrected chi connectivity index (χ1v) is 6.93. The third kappa shape index (κ3) is 4.02. The number of nitrogens with one attached hydrogen (secondary N) is 1. The molecular formula is C16H28N2.